The Morgan fingerprint density at radius 2 is 1.97 bits per heavy atom. The summed E-state index contributed by atoms with van der Waals surface area (Å²) in [7, 11) is 0. The van der Waals surface area contributed by atoms with Gasteiger partial charge in [-0.25, -0.2) is 4.39 Å². The van der Waals surface area contributed by atoms with Crippen LogP contribution in [0.25, 0.3) is 0 Å². The lowest BCUT2D eigenvalue weighted by Gasteiger charge is -2.20. The van der Waals surface area contributed by atoms with Crippen LogP contribution in [0.1, 0.15) is 46.8 Å². The van der Waals surface area contributed by atoms with Crippen molar-refractivity contribution in [1.29, 1.82) is 0 Å². The Bertz CT molecular complexity index is 909. The Labute approximate surface area is 168 Å². The minimum absolute atomic E-state index is 0.0909. The molecule has 1 aromatic heterocycles. The van der Waals surface area contributed by atoms with Crippen molar-refractivity contribution in [2.24, 2.45) is 0 Å². The van der Waals surface area contributed by atoms with E-state index in [-0.39, 0.29) is 23.3 Å². The van der Waals surface area contributed by atoms with Crippen LogP contribution in [0.15, 0.2) is 30.3 Å². The van der Waals surface area contributed by atoms with Crippen molar-refractivity contribution in [3.05, 3.63) is 53.1 Å². The Hall–Kier alpha value is -3.23. The van der Waals surface area contributed by atoms with E-state index in [2.05, 4.69) is 15.7 Å². The number of nitrogens with zero attached hydrogens (tertiary/aromatic N) is 3. The molecule has 3 amide bonds. The number of fused-ring (bicyclic) bond motifs is 1. The van der Waals surface area contributed by atoms with Gasteiger partial charge in [-0.1, -0.05) is 12.1 Å². The molecule has 1 aromatic carbocycles. The van der Waals surface area contributed by atoms with E-state index in [1.807, 2.05) is 0 Å². The van der Waals surface area contributed by atoms with Gasteiger partial charge in [0.2, 0.25) is 5.91 Å². The third kappa shape index (κ3) is 4.79. The van der Waals surface area contributed by atoms with Crippen LogP contribution in [0.4, 0.5) is 4.39 Å². The molecule has 0 bridgehead atoms. The van der Waals surface area contributed by atoms with Gasteiger partial charge >= 0.3 is 0 Å². The zero-order valence-corrected chi connectivity index (χ0v) is 16.4. The maximum atomic E-state index is 13.1. The van der Waals surface area contributed by atoms with Crippen LogP contribution in [0, 0.1) is 5.82 Å². The van der Waals surface area contributed by atoms with Crippen LogP contribution in [0.5, 0.6) is 0 Å². The monoisotopic (exact) mass is 401 g/mol. The van der Waals surface area contributed by atoms with E-state index in [0.29, 0.717) is 38.3 Å². The lowest BCUT2D eigenvalue weighted by Crippen LogP contribution is -2.44. The van der Waals surface area contributed by atoms with Gasteiger partial charge in [0.25, 0.3) is 11.8 Å². The van der Waals surface area contributed by atoms with E-state index < -0.39 is 11.9 Å². The van der Waals surface area contributed by atoms with Crippen molar-refractivity contribution >= 4 is 17.7 Å². The van der Waals surface area contributed by atoms with Gasteiger partial charge < -0.3 is 15.5 Å². The molecule has 1 atom stereocenters. The molecule has 0 aliphatic carbocycles. The van der Waals surface area contributed by atoms with Crippen molar-refractivity contribution in [2.45, 2.75) is 39.4 Å². The zero-order valence-electron chi connectivity index (χ0n) is 16.4. The van der Waals surface area contributed by atoms with E-state index in [1.54, 1.807) is 30.9 Å². The Morgan fingerprint density at radius 3 is 2.66 bits per heavy atom. The van der Waals surface area contributed by atoms with E-state index in [1.165, 1.54) is 22.9 Å². The number of benzene rings is 1. The second-order valence-corrected chi connectivity index (χ2v) is 6.93. The molecular formula is C20H24FN5O3. The number of carbonyl (C=O) groups is 3. The number of halogens is 1. The van der Waals surface area contributed by atoms with Crippen LogP contribution in [-0.2, 0) is 17.9 Å². The van der Waals surface area contributed by atoms with Crippen LogP contribution >= 0.6 is 0 Å². The highest BCUT2D eigenvalue weighted by molar-refractivity contribution is 5.99. The summed E-state index contributed by atoms with van der Waals surface area (Å²) >= 11 is 0. The lowest BCUT2D eigenvalue weighted by atomic mass is 10.2. The fourth-order valence-electron chi connectivity index (χ4n) is 3.17. The first-order valence-electron chi connectivity index (χ1n) is 9.59. The summed E-state index contributed by atoms with van der Waals surface area (Å²) in [6.07, 6.45) is 0.679. The summed E-state index contributed by atoms with van der Waals surface area (Å²) < 4.78 is 14.6. The molecule has 29 heavy (non-hydrogen) atoms. The third-order valence-corrected chi connectivity index (χ3v) is 4.70. The van der Waals surface area contributed by atoms with Gasteiger partial charge in [-0.3, -0.25) is 19.1 Å². The van der Waals surface area contributed by atoms with E-state index in [4.69, 9.17) is 0 Å². The van der Waals surface area contributed by atoms with Crippen molar-refractivity contribution in [3.8, 4) is 0 Å². The van der Waals surface area contributed by atoms with Crippen LogP contribution in [0.2, 0.25) is 0 Å². The zero-order chi connectivity index (χ0) is 21.0. The summed E-state index contributed by atoms with van der Waals surface area (Å²) in [6.45, 7) is 5.23. The van der Waals surface area contributed by atoms with Crippen LogP contribution < -0.4 is 10.6 Å². The van der Waals surface area contributed by atoms with Crippen molar-refractivity contribution in [2.75, 3.05) is 13.1 Å². The van der Waals surface area contributed by atoms with E-state index >= 15 is 0 Å². The molecule has 1 unspecified atom stereocenters. The SMILES string of the molecule is CCNC(=O)C(C)NC(=O)c1cc2n(n1)CCCN(Cc1ccc(F)cc1)C2=O. The largest absolute Gasteiger partial charge is 0.355 e. The van der Waals surface area contributed by atoms with E-state index in [0.717, 1.165) is 5.56 Å². The van der Waals surface area contributed by atoms with Crippen molar-refractivity contribution in [3.63, 3.8) is 0 Å². The van der Waals surface area contributed by atoms with Crippen LogP contribution in [-0.4, -0.2) is 51.5 Å². The fourth-order valence-corrected chi connectivity index (χ4v) is 3.17. The number of aryl methyl sites for hydroxylation is 1. The number of likely N-dealkylation sites (N-methyl/N-ethyl adjacent to an activating group) is 1. The van der Waals surface area contributed by atoms with Gasteiger partial charge in [0.15, 0.2) is 5.69 Å². The number of carbonyl (C=O) groups excluding carboxylic acids is 3. The van der Waals surface area contributed by atoms with Gasteiger partial charge in [-0.05, 0) is 38.0 Å². The Morgan fingerprint density at radius 1 is 1.24 bits per heavy atom. The van der Waals surface area contributed by atoms with Gasteiger partial charge in [0.1, 0.15) is 17.6 Å². The maximum absolute atomic E-state index is 13.1. The molecule has 0 saturated heterocycles. The quantitative estimate of drug-likeness (QED) is 0.763. The fraction of sp³-hybridized carbons (Fsp3) is 0.400. The lowest BCUT2D eigenvalue weighted by molar-refractivity contribution is -0.122. The average molecular weight is 401 g/mol. The van der Waals surface area contributed by atoms with Crippen molar-refractivity contribution < 1.29 is 18.8 Å². The molecule has 3 rings (SSSR count). The molecule has 8 nitrogen and oxygen atoms in total. The summed E-state index contributed by atoms with van der Waals surface area (Å²) in [5.41, 5.74) is 1.23. The highest BCUT2D eigenvalue weighted by Gasteiger charge is 2.27. The molecule has 0 radical (unpaired) electrons. The number of rotatable bonds is 6. The summed E-state index contributed by atoms with van der Waals surface area (Å²) in [6, 6.07) is 6.75. The summed E-state index contributed by atoms with van der Waals surface area (Å²) in [5, 5.41) is 9.47. The molecular weight excluding hydrogens is 377 g/mol. The smallest absolute Gasteiger partial charge is 0.272 e. The van der Waals surface area contributed by atoms with Gasteiger partial charge in [0, 0.05) is 32.2 Å². The van der Waals surface area contributed by atoms with Crippen LogP contribution in [0.3, 0.4) is 0 Å². The molecule has 2 heterocycles. The number of aromatic nitrogens is 2. The molecule has 9 heteroatoms. The molecule has 0 spiro atoms. The Kier molecular flexibility index (Phi) is 6.26. The molecule has 2 aromatic rings. The molecule has 0 saturated carbocycles. The average Bonchev–Trinajstić information content (AvgIpc) is 3.07. The first-order valence-corrected chi connectivity index (χ1v) is 9.59. The minimum Gasteiger partial charge on any atom is -0.355 e. The normalized spacial score (nSPS) is 14.7. The molecule has 2 N–H and O–H groups in total. The summed E-state index contributed by atoms with van der Waals surface area (Å²) in [5.74, 6) is -1.37. The molecule has 1 aliphatic rings. The number of hydrogen-bond donors (Lipinski definition) is 2. The Balaban J connectivity index is 1.73. The second-order valence-electron chi connectivity index (χ2n) is 6.93. The predicted octanol–water partition coefficient (Wildman–Crippen LogP) is 1.32. The molecule has 1 aliphatic heterocycles. The number of nitrogens with one attached hydrogen (secondary N) is 2. The maximum Gasteiger partial charge on any atom is 0.272 e. The molecule has 0 fully saturated rings. The highest BCUT2D eigenvalue weighted by Crippen LogP contribution is 2.17. The first kappa shape index (κ1) is 20.5. The van der Waals surface area contributed by atoms with E-state index in [9.17, 15) is 18.8 Å². The van der Waals surface area contributed by atoms with Crippen molar-refractivity contribution in [1.82, 2.24) is 25.3 Å². The second kappa shape index (κ2) is 8.85. The topological polar surface area (TPSA) is 96.3 Å². The van der Waals surface area contributed by atoms with Gasteiger partial charge in [-0.2, -0.15) is 5.10 Å². The third-order valence-electron chi connectivity index (χ3n) is 4.70. The molecule has 154 valence electrons. The summed E-state index contributed by atoms with van der Waals surface area (Å²) in [4.78, 5) is 38.9. The number of amides is 3. The highest BCUT2D eigenvalue weighted by atomic mass is 19.1. The first-order chi connectivity index (χ1) is 13.9. The van der Waals surface area contributed by atoms with Gasteiger partial charge in [0.05, 0.1) is 0 Å². The number of hydrogen-bond acceptors (Lipinski definition) is 4. The minimum atomic E-state index is -0.713. The predicted molar refractivity (Wildman–Crippen MR) is 104 cm³/mol. The standard InChI is InChI=1S/C20H24FN5O3/c1-3-22-18(27)13(2)23-19(28)16-11-17-20(29)25(9-4-10-26(17)24-16)12-14-5-7-15(21)8-6-14/h5-8,11,13H,3-4,9-10,12H2,1-2H3,(H,22,27)(H,23,28). The van der Waals surface area contributed by atoms with Gasteiger partial charge in [-0.15, -0.1) is 0 Å².